The maximum atomic E-state index is 6.12. The molecule has 0 N–H and O–H groups in total. The molecule has 0 saturated carbocycles. The van der Waals surface area contributed by atoms with Crippen molar-refractivity contribution in [1.29, 1.82) is 0 Å². The number of halogens is 2. The Morgan fingerprint density at radius 3 is 2.44 bits per heavy atom. The molecule has 0 aromatic heterocycles. The number of alkyl halides is 1. The molecule has 1 aliphatic rings. The van der Waals surface area contributed by atoms with Crippen molar-refractivity contribution in [1.82, 2.24) is 4.90 Å². The molecule has 1 saturated heterocycles. The third kappa shape index (κ3) is 3.19. The van der Waals surface area contributed by atoms with Gasteiger partial charge in [0.15, 0.2) is 0 Å². The zero-order valence-corrected chi connectivity index (χ0v) is 13.3. The van der Waals surface area contributed by atoms with E-state index in [4.69, 9.17) is 11.6 Å². The number of rotatable bonds is 3. The lowest BCUT2D eigenvalue weighted by Gasteiger charge is -2.38. The molecule has 0 amide bonds. The molecule has 2 nitrogen and oxygen atoms in total. The summed E-state index contributed by atoms with van der Waals surface area (Å²) >= 11 is 9.67. The lowest BCUT2D eigenvalue weighted by Crippen LogP contribution is -2.49. The van der Waals surface area contributed by atoms with E-state index in [1.54, 1.807) is 0 Å². The van der Waals surface area contributed by atoms with Crippen LogP contribution in [0.3, 0.4) is 0 Å². The van der Waals surface area contributed by atoms with Gasteiger partial charge in [-0.25, -0.2) is 0 Å². The van der Waals surface area contributed by atoms with Gasteiger partial charge in [0.2, 0.25) is 0 Å². The Bertz CT molecular complexity index is 401. The Morgan fingerprint density at radius 1 is 1.22 bits per heavy atom. The summed E-state index contributed by atoms with van der Waals surface area (Å²) in [7, 11) is 0. The predicted octanol–water partition coefficient (Wildman–Crippen LogP) is 3.77. The molecule has 0 bridgehead atoms. The van der Waals surface area contributed by atoms with Crippen LogP contribution in [0.1, 0.15) is 19.4 Å². The minimum atomic E-state index is 0.641. The molecule has 18 heavy (non-hydrogen) atoms. The van der Waals surface area contributed by atoms with Crippen LogP contribution in [0, 0.1) is 0 Å². The smallest absolute Gasteiger partial charge is 0.0426 e. The summed E-state index contributed by atoms with van der Waals surface area (Å²) in [5.74, 6) is 0. The van der Waals surface area contributed by atoms with Gasteiger partial charge in [0, 0.05) is 48.3 Å². The fraction of sp³-hybridized carbons (Fsp3) is 0.571. The Hall–Kier alpha value is -0.250. The highest BCUT2D eigenvalue weighted by molar-refractivity contribution is 9.08. The standard InChI is InChI=1S/C14H20BrClN2/c1-11(2)17-5-7-18(8-6-17)14-9-13(16)4-3-12(14)10-15/h3-4,9,11H,5-8,10H2,1-2H3. The van der Waals surface area contributed by atoms with E-state index in [0.717, 1.165) is 36.5 Å². The first-order valence-corrected chi connectivity index (χ1v) is 7.95. The van der Waals surface area contributed by atoms with E-state index >= 15 is 0 Å². The lowest BCUT2D eigenvalue weighted by molar-refractivity contribution is 0.209. The molecular formula is C14H20BrClN2. The van der Waals surface area contributed by atoms with Crippen LogP contribution in [0.2, 0.25) is 5.02 Å². The summed E-state index contributed by atoms with van der Waals surface area (Å²) in [6.07, 6.45) is 0. The summed E-state index contributed by atoms with van der Waals surface area (Å²) in [5, 5.41) is 1.70. The van der Waals surface area contributed by atoms with E-state index in [1.807, 2.05) is 6.07 Å². The van der Waals surface area contributed by atoms with Crippen LogP contribution in [-0.2, 0) is 5.33 Å². The van der Waals surface area contributed by atoms with Gasteiger partial charge >= 0.3 is 0 Å². The average molecular weight is 332 g/mol. The van der Waals surface area contributed by atoms with Crippen molar-refractivity contribution >= 4 is 33.2 Å². The second kappa shape index (κ2) is 6.27. The summed E-state index contributed by atoms with van der Waals surface area (Å²) in [6, 6.07) is 6.80. The topological polar surface area (TPSA) is 6.48 Å². The summed E-state index contributed by atoms with van der Waals surface area (Å²) in [6.45, 7) is 8.95. The van der Waals surface area contributed by atoms with E-state index in [2.05, 4.69) is 51.7 Å². The molecule has 0 radical (unpaired) electrons. The van der Waals surface area contributed by atoms with E-state index in [-0.39, 0.29) is 0 Å². The van der Waals surface area contributed by atoms with Gasteiger partial charge in [-0.05, 0) is 31.5 Å². The average Bonchev–Trinajstić information content (AvgIpc) is 2.39. The first-order valence-electron chi connectivity index (χ1n) is 6.45. The molecule has 1 heterocycles. The molecule has 1 aromatic carbocycles. The molecule has 1 aliphatic heterocycles. The van der Waals surface area contributed by atoms with Gasteiger partial charge in [-0.15, -0.1) is 0 Å². The molecule has 4 heteroatoms. The van der Waals surface area contributed by atoms with Crippen LogP contribution >= 0.6 is 27.5 Å². The van der Waals surface area contributed by atoms with Gasteiger partial charge in [0.25, 0.3) is 0 Å². The summed E-state index contributed by atoms with van der Waals surface area (Å²) in [5.41, 5.74) is 2.60. The minimum Gasteiger partial charge on any atom is -0.369 e. The fourth-order valence-corrected chi connectivity index (χ4v) is 3.06. The Kier molecular flexibility index (Phi) is 4.93. The van der Waals surface area contributed by atoms with Crippen molar-refractivity contribution in [2.24, 2.45) is 0 Å². The maximum absolute atomic E-state index is 6.12. The summed E-state index contributed by atoms with van der Waals surface area (Å²) < 4.78 is 0. The van der Waals surface area contributed by atoms with Gasteiger partial charge in [0.1, 0.15) is 0 Å². The van der Waals surface area contributed by atoms with Gasteiger partial charge in [0.05, 0.1) is 0 Å². The first kappa shape index (κ1) is 14.2. The van der Waals surface area contributed by atoms with Gasteiger partial charge in [-0.2, -0.15) is 0 Å². The van der Waals surface area contributed by atoms with Gasteiger partial charge < -0.3 is 4.90 Å². The highest BCUT2D eigenvalue weighted by Gasteiger charge is 2.20. The zero-order valence-electron chi connectivity index (χ0n) is 11.0. The molecule has 1 aromatic rings. The monoisotopic (exact) mass is 330 g/mol. The van der Waals surface area contributed by atoms with Crippen molar-refractivity contribution in [3.8, 4) is 0 Å². The fourth-order valence-electron chi connectivity index (χ4n) is 2.42. The van der Waals surface area contributed by atoms with Crippen molar-refractivity contribution in [2.45, 2.75) is 25.2 Å². The second-order valence-electron chi connectivity index (χ2n) is 5.02. The van der Waals surface area contributed by atoms with Crippen LogP contribution in [0.5, 0.6) is 0 Å². The highest BCUT2D eigenvalue weighted by atomic mass is 79.9. The van der Waals surface area contributed by atoms with Crippen molar-refractivity contribution in [3.05, 3.63) is 28.8 Å². The molecule has 0 aliphatic carbocycles. The van der Waals surface area contributed by atoms with Crippen LogP contribution in [0.4, 0.5) is 5.69 Å². The van der Waals surface area contributed by atoms with Crippen molar-refractivity contribution < 1.29 is 0 Å². The normalized spacial score (nSPS) is 17.5. The zero-order chi connectivity index (χ0) is 13.1. The second-order valence-corrected chi connectivity index (χ2v) is 6.02. The van der Waals surface area contributed by atoms with Crippen molar-refractivity contribution in [3.63, 3.8) is 0 Å². The van der Waals surface area contributed by atoms with Gasteiger partial charge in [-0.1, -0.05) is 33.6 Å². The lowest BCUT2D eigenvalue weighted by atomic mass is 10.1. The largest absolute Gasteiger partial charge is 0.369 e. The summed E-state index contributed by atoms with van der Waals surface area (Å²) in [4.78, 5) is 4.97. The van der Waals surface area contributed by atoms with E-state index in [9.17, 15) is 0 Å². The quantitative estimate of drug-likeness (QED) is 0.778. The Morgan fingerprint density at radius 2 is 1.89 bits per heavy atom. The molecule has 0 atom stereocenters. The Balaban J connectivity index is 2.11. The number of piperazine rings is 1. The van der Waals surface area contributed by atoms with Crippen LogP contribution in [-0.4, -0.2) is 37.1 Å². The Labute approximate surface area is 123 Å². The molecule has 1 fully saturated rings. The molecule has 0 spiro atoms. The molecular weight excluding hydrogens is 312 g/mol. The molecule has 2 rings (SSSR count). The minimum absolute atomic E-state index is 0.641. The highest BCUT2D eigenvalue weighted by Crippen LogP contribution is 2.27. The molecule has 100 valence electrons. The number of nitrogens with zero attached hydrogens (tertiary/aromatic N) is 2. The third-order valence-corrected chi connectivity index (χ3v) is 4.42. The SMILES string of the molecule is CC(C)N1CCN(c2cc(Cl)ccc2CBr)CC1. The number of hydrogen-bond acceptors (Lipinski definition) is 2. The first-order chi connectivity index (χ1) is 8.61. The number of benzene rings is 1. The van der Waals surface area contributed by atoms with E-state index < -0.39 is 0 Å². The van der Waals surface area contributed by atoms with Crippen molar-refractivity contribution in [2.75, 3.05) is 31.1 Å². The molecule has 0 unspecified atom stereocenters. The van der Waals surface area contributed by atoms with Gasteiger partial charge in [-0.3, -0.25) is 4.90 Å². The predicted molar refractivity (Wildman–Crippen MR) is 83.0 cm³/mol. The third-order valence-electron chi connectivity index (χ3n) is 3.58. The van der Waals surface area contributed by atoms with Crippen LogP contribution < -0.4 is 4.90 Å². The van der Waals surface area contributed by atoms with Crippen LogP contribution in [0.25, 0.3) is 0 Å². The maximum Gasteiger partial charge on any atom is 0.0426 e. The van der Waals surface area contributed by atoms with E-state index in [0.29, 0.717) is 6.04 Å². The van der Waals surface area contributed by atoms with E-state index in [1.165, 1.54) is 11.3 Å². The van der Waals surface area contributed by atoms with Crippen LogP contribution in [0.15, 0.2) is 18.2 Å². The number of anilines is 1. The number of hydrogen-bond donors (Lipinski definition) is 0.